The number of nitrogens with one attached hydrogen (secondary N) is 1. The normalized spacial score (nSPS) is 22.6. The fourth-order valence-corrected chi connectivity index (χ4v) is 3.49. The molecular weight excluding hydrogens is 295 g/mol. The number of aryl methyl sites for hydroxylation is 1. The Labute approximate surface area is 127 Å². The van der Waals surface area contributed by atoms with Crippen molar-refractivity contribution in [1.29, 1.82) is 0 Å². The lowest BCUT2D eigenvalue weighted by atomic mass is 9.93. The van der Waals surface area contributed by atoms with Gasteiger partial charge in [0.25, 0.3) is 0 Å². The highest BCUT2D eigenvalue weighted by molar-refractivity contribution is 5.77. The minimum atomic E-state index is -4.47. The van der Waals surface area contributed by atoms with Crippen LogP contribution in [0.4, 0.5) is 13.2 Å². The summed E-state index contributed by atoms with van der Waals surface area (Å²) in [4.78, 5) is 11.5. The molecule has 1 saturated carbocycles. The molecule has 2 aliphatic rings. The van der Waals surface area contributed by atoms with Gasteiger partial charge in [0.05, 0.1) is 17.8 Å². The molecule has 7 heteroatoms. The first-order valence-corrected chi connectivity index (χ1v) is 7.86. The molecule has 0 spiro atoms. The minimum absolute atomic E-state index is 0.388. The lowest BCUT2D eigenvalue weighted by Crippen LogP contribution is -2.34. The van der Waals surface area contributed by atoms with E-state index in [0.717, 1.165) is 36.9 Å². The van der Waals surface area contributed by atoms with E-state index in [1.165, 1.54) is 12.8 Å². The zero-order valence-electron chi connectivity index (χ0n) is 12.3. The van der Waals surface area contributed by atoms with Gasteiger partial charge < -0.3 is 5.32 Å². The monoisotopic (exact) mass is 315 g/mol. The van der Waals surface area contributed by atoms with Crippen LogP contribution in [0.1, 0.15) is 68.3 Å². The molecule has 0 aliphatic heterocycles. The van der Waals surface area contributed by atoms with E-state index in [2.05, 4.69) is 10.4 Å². The van der Waals surface area contributed by atoms with Crippen LogP contribution in [-0.2, 0) is 11.2 Å². The Morgan fingerprint density at radius 3 is 2.68 bits per heavy atom. The van der Waals surface area contributed by atoms with Crippen LogP contribution in [0.25, 0.3) is 0 Å². The highest BCUT2D eigenvalue weighted by atomic mass is 19.4. The summed E-state index contributed by atoms with van der Waals surface area (Å²) in [5, 5.41) is 7.09. The van der Waals surface area contributed by atoms with Gasteiger partial charge in [0, 0.05) is 6.20 Å². The number of hydrogen-bond acceptors (Lipinski definition) is 2. The molecule has 1 heterocycles. The summed E-state index contributed by atoms with van der Waals surface area (Å²) in [6.07, 6.45) is 3.12. The van der Waals surface area contributed by atoms with Gasteiger partial charge in [-0.2, -0.15) is 18.3 Å². The van der Waals surface area contributed by atoms with Crippen LogP contribution in [-0.4, -0.2) is 21.9 Å². The van der Waals surface area contributed by atoms with E-state index in [0.29, 0.717) is 12.5 Å². The number of carbonyl (C=O) groups is 1. The van der Waals surface area contributed by atoms with Gasteiger partial charge in [-0.1, -0.05) is 12.8 Å². The van der Waals surface area contributed by atoms with Gasteiger partial charge in [-0.05, 0) is 37.7 Å². The van der Waals surface area contributed by atoms with Crippen molar-refractivity contribution in [1.82, 2.24) is 15.1 Å². The first kappa shape index (κ1) is 15.4. The highest BCUT2D eigenvalue weighted by Crippen LogP contribution is 2.34. The average Bonchev–Trinajstić information content (AvgIpc) is 3.05. The first-order valence-electron chi connectivity index (χ1n) is 7.86. The van der Waals surface area contributed by atoms with Crippen LogP contribution in [0.15, 0.2) is 6.20 Å². The lowest BCUT2D eigenvalue weighted by Gasteiger charge is -2.22. The van der Waals surface area contributed by atoms with Gasteiger partial charge in [0.1, 0.15) is 6.42 Å². The quantitative estimate of drug-likeness (QED) is 0.929. The van der Waals surface area contributed by atoms with E-state index >= 15 is 0 Å². The van der Waals surface area contributed by atoms with Crippen molar-refractivity contribution in [2.75, 3.05) is 0 Å². The third-order valence-electron chi connectivity index (χ3n) is 4.50. The Morgan fingerprint density at radius 2 is 2.00 bits per heavy atom. The Bertz CT molecular complexity index is 547. The van der Waals surface area contributed by atoms with Gasteiger partial charge in [0.15, 0.2) is 0 Å². The molecule has 1 amide bonds. The predicted molar refractivity (Wildman–Crippen MR) is 74.2 cm³/mol. The third kappa shape index (κ3) is 3.44. The van der Waals surface area contributed by atoms with Crippen molar-refractivity contribution in [3.05, 3.63) is 17.5 Å². The van der Waals surface area contributed by atoms with Gasteiger partial charge in [-0.25, -0.2) is 0 Å². The van der Waals surface area contributed by atoms with Crippen LogP contribution in [0, 0.1) is 0 Å². The van der Waals surface area contributed by atoms with E-state index in [-0.39, 0.29) is 6.04 Å². The SMILES string of the molecule is O=C(CC(F)(F)F)NC1CCCc2cn(C3CCCC3)nc21. The van der Waals surface area contributed by atoms with E-state index in [1.54, 1.807) is 0 Å². The molecule has 1 atom stereocenters. The van der Waals surface area contributed by atoms with Crippen molar-refractivity contribution in [2.24, 2.45) is 0 Å². The minimum Gasteiger partial charge on any atom is -0.347 e. The molecule has 1 fully saturated rings. The first-order chi connectivity index (χ1) is 10.4. The molecule has 3 rings (SSSR count). The summed E-state index contributed by atoms with van der Waals surface area (Å²) in [5.74, 6) is -0.972. The van der Waals surface area contributed by atoms with Crippen LogP contribution in [0.3, 0.4) is 0 Å². The van der Waals surface area contributed by atoms with Crippen molar-refractivity contribution in [3.8, 4) is 0 Å². The summed E-state index contributed by atoms with van der Waals surface area (Å²) in [7, 11) is 0. The Hall–Kier alpha value is -1.53. The number of nitrogens with zero attached hydrogens (tertiary/aromatic N) is 2. The topological polar surface area (TPSA) is 46.9 Å². The molecule has 0 saturated heterocycles. The molecule has 2 aliphatic carbocycles. The molecule has 1 aromatic rings. The Balaban J connectivity index is 1.72. The number of hydrogen-bond donors (Lipinski definition) is 1. The number of alkyl halides is 3. The average molecular weight is 315 g/mol. The largest absolute Gasteiger partial charge is 0.397 e. The van der Waals surface area contributed by atoms with Crippen LogP contribution >= 0.6 is 0 Å². The Morgan fingerprint density at radius 1 is 1.27 bits per heavy atom. The maximum absolute atomic E-state index is 12.3. The second kappa shape index (κ2) is 5.93. The number of amides is 1. The van der Waals surface area contributed by atoms with Crippen LogP contribution in [0.5, 0.6) is 0 Å². The van der Waals surface area contributed by atoms with E-state index in [4.69, 9.17) is 0 Å². The molecule has 122 valence electrons. The zero-order chi connectivity index (χ0) is 15.7. The number of rotatable bonds is 3. The molecule has 1 N–H and O–H groups in total. The van der Waals surface area contributed by atoms with E-state index in [9.17, 15) is 18.0 Å². The number of carbonyl (C=O) groups excluding carboxylic acids is 1. The molecule has 0 radical (unpaired) electrons. The van der Waals surface area contributed by atoms with Crippen LogP contribution in [0.2, 0.25) is 0 Å². The van der Waals surface area contributed by atoms with E-state index in [1.807, 2.05) is 10.9 Å². The summed E-state index contributed by atoms with van der Waals surface area (Å²) in [6, 6.07) is 0.0124. The predicted octanol–water partition coefficient (Wildman–Crippen LogP) is 3.44. The Kier molecular flexibility index (Phi) is 4.14. The highest BCUT2D eigenvalue weighted by Gasteiger charge is 2.34. The van der Waals surface area contributed by atoms with Gasteiger partial charge in [-0.15, -0.1) is 0 Å². The maximum Gasteiger partial charge on any atom is 0.397 e. The van der Waals surface area contributed by atoms with Gasteiger partial charge in [-0.3, -0.25) is 9.48 Å². The standard InChI is InChI=1S/C15H20F3N3O/c16-15(17,18)8-13(22)19-12-7-3-4-10-9-21(20-14(10)12)11-5-1-2-6-11/h9,11-12H,1-8H2,(H,19,22). The van der Waals surface area contributed by atoms with Gasteiger partial charge in [0.2, 0.25) is 5.91 Å². The summed E-state index contributed by atoms with van der Waals surface area (Å²) in [6.45, 7) is 0. The molecule has 1 aromatic heterocycles. The van der Waals surface area contributed by atoms with E-state index < -0.39 is 18.5 Å². The second-order valence-corrected chi connectivity index (χ2v) is 6.26. The molecule has 0 bridgehead atoms. The van der Waals surface area contributed by atoms with Crippen LogP contribution < -0.4 is 5.32 Å². The summed E-state index contributed by atoms with van der Waals surface area (Å²) in [5.41, 5.74) is 1.82. The molecular formula is C15H20F3N3O. The number of aromatic nitrogens is 2. The maximum atomic E-state index is 12.3. The molecule has 22 heavy (non-hydrogen) atoms. The fourth-order valence-electron chi connectivity index (χ4n) is 3.49. The zero-order valence-corrected chi connectivity index (χ0v) is 12.3. The smallest absolute Gasteiger partial charge is 0.347 e. The summed E-state index contributed by atoms with van der Waals surface area (Å²) >= 11 is 0. The van der Waals surface area contributed by atoms with Crippen molar-refractivity contribution in [2.45, 2.75) is 69.6 Å². The van der Waals surface area contributed by atoms with Gasteiger partial charge >= 0.3 is 6.18 Å². The lowest BCUT2D eigenvalue weighted by molar-refractivity contribution is -0.154. The number of halogens is 3. The summed E-state index contributed by atoms with van der Waals surface area (Å²) < 4.78 is 38.8. The van der Waals surface area contributed by atoms with Crippen molar-refractivity contribution in [3.63, 3.8) is 0 Å². The fraction of sp³-hybridized carbons (Fsp3) is 0.733. The van der Waals surface area contributed by atoms with Crippen molar-refractivity contribution >= 4 is 5.91 Å². The molecule has 4 nitrogen and oxygen atoms in total. The molecule has 0 aromatic carbocycles. The molecule has 1 unspecified atom stereocenters. The third-order valence-corrected chi connectivity index (χ3v) is 4.50. The van der Waals surface area contributed by atoms with Crippen molar-refractivity contribution < 1.29 is 18.0 Å². The number of fused-ring (bicyclic) bond motifs is 1. The second-order valence-electron chi connectivity index (χ2n) is 6.26.